The Labute approximate surface area is 164 Å². The summed E-state index contributed by atoms with van der Waals surface area (Å²) in [5, 5.41) is 8.96. The first-order chi connectivity index (χ1) is 13.1. The van der Waals surface area contributed by atoms with E-state index in [1.807, 2.05) is 7.05 Å². The Hall–Kier alpha value is -1.99. The number of nitrogens with one attached hydrogen (secondary N) is 2. The van der Waals surface area contributed by atoms with Gasteiger partial charge in [0.1, 0.15) is 5.82 Å². The number of halogens is 1. The zero-order valence-electron chi connectivity index (χ0n) is 15.7. The molecule has 2 aromatic rings. The summed E-state index contributed by atoms with van der Waals surface area (Å²) < 4.78 is 13.6. The summed E-state index contributed by atoms with van der Waals surface area (Å²) in [4.78, 5) is 19.1. The van der Waals surface area contributed by atoms with E-state index in [0.717, 1.165) is 49.7 Å². The highest BCUT2D eigenvalue weighted by molar-refractivity contribution is 7.13. The van der Waals surface area contributed by atoms with Crippen molar-refractivity contribution in [3.8, 4) is 0 Å². The van der Waals surface area contributed by atoms with Crippen LogP contribution in [0.4, 0.5) is 9.52 Å². The molecule has 1 unspecified atom stereocenters. The van der Waals surface area contributed by atoms with Crippen LogP contribution < -0.4 is 10.6 Å². The molecule has 1 saturated heterocycles. The Morgan fingerprint density at radius 1 is 1.41 bits per heavy atom. The maximum atomic E-state index is 13.6. The van der Waals surface area contributed by atoms with Gasteiger partial charge in [0.2, 0.25) is 5.91 Å². The zero-order valence-corrected chi connectivity index (χ0v) is 16.5. The molecule has 146 valence electrons. The number of hydrogen-bond acceptors (Lipinski definition) is 5. The number of amides is 1. The van der Waals surface area contributed by atoms with Crippen molar-refractivity contribution in [3.63, 3.8) is 0 Å². The molecule has 1 amide bonds. The van der Waals surface area contributed by atoms with E-state index in [9.17, 15) is 9.18 Å². The van der Waals surface area contributed by atoms with Crippen LogP contribution in [0.1, 0.15) is 36.9 Å². The van der Waals surface area contributed by atoms with Crippen molar-refractivity contribution in [2.45, 2.75) is 38.8 Å². The lowest BCUT2D eigenvalue weighted by molar-refractivity contribution is -0.121. The predicted octanol–water partition coefficient (Wildman–Crippen LogP) is 3.63. The number of benzene rings is 1. The molecular weight excluding hydrogens is 363 g/mol. The second-order valence-electron chi connectivity index (χ2n) is 7.04. The first-order valence-electron chi connectivity index (χ1n) is 9.48. The Kier molecular flexibility index (Phi) is 7.18. The summed E-state index contributed by atoms with van der Waals surface area (Å²) in [6, 6.07) is 6.55. The van der Waals surface area contributed by atoms with Crippen LogP contribution in [0.25, 0.3) is 0 Å². The minimum absolute atomic E-state index is 0.00598. The number of likely N-dealkylation sites (tertiary alicyclic amines) is 1. The molecule has 1 aliphatic heterocycles. The van der Waals surface area contributed by atoms with Crippen LogP contribution in [-0.4, -0.2) is 35.9 Å². The Morgan fingerprint density at radius 3 is 3.04 bits per heavy atom. The number of anilines is 1. The number of piperidine rings is 1. The highest BCUT2D eigenvalue weighted by Gasteiger charge is 2.21. The molecule has 0 saturated carbocycles. The highest BCUT2D eigenvalue weighted by atomic mass is 32.1. The SMILES string of the molecule is CNc1nc(CN2CCCC(CCC(=O)NCc3ccccc3F)C2)cs1. The molecule has 3 rings (SSSR count). The lowest BCUT2D eigenvalue weighted by Gasteiger charge is -2.32. The van der Waals surface area contributed by atoms with Crippen molar-refractivity contribution in [2.24, 2.45) is 5.92 Å². The fourth-order valence-electron chi connectivity index (χ4n) is 3.51. The lowest BCUT2D eigenvalue weighted by Crippen LogP contribution is -2.35. The smallest absolute Gasteiger partial charge is 0.220 e. The molecule has 27 heavy (non-hydrogen) atoms. The first kappa shape index (κ1) is 19.8. The van der Waals surface area contributed by atoms with Crippen molar-refractivity contribution in [1.82, 2.24) is 15.2 Å². The van der Waals surface area contributed by atoms with E-state index in [-0.39, 0.29) is 18.3 Å². The monoisotopic (exact) mass is 390 g/mol. The molecule has 1 fully saturated rings. The van der Waals surface area contributed by atoms with Crippen LogP contribution >= 0.6 is 11.3 Å². The molecular formula is C20H27FN4OS. The van der Waals surface area contributed by atoms with Crippen LogP contribution in [0.2, 0.25) is 0 Å². The van der Waals surface area contributed by atoms with Crippen LogP contribution in [0.5, 0.6) is 0 Å². The van der Waals surface area contributed by atoms with Gasteiger partial charge in [-0.25, -0.2) is 9.37 Å². The van der Waals surface area contributed by atoms with Gasteiger partial charge in [-0.3, -0.25) is 9.69 Å². The molecule has 0 aliphatic carbocycles. The number of aromatic nitrogens is 1. The van der Waals surface area contributed by atoms with Crippen molar-refractivity contribution < 1.29 is 9.18 Å². The Balaban J connectivity index is 1.39. The lowest BCUT2D eigenvalue weighted by atomic mass is 9.93. The van der Waals surface area contributed by atoms with Gasteiger partial charge < -0.3 is 10.6 Å². The number of rotatable bonds is 8. The molecule has 0 radical (unpaired) electrons. The van der Waals surface area contributed by atoms with Gasteiger partial charge in [-0.1, -0.05) is 18.2 Å². The quantitative estimate of drug-likeness (QED) is 0.723. The number of thiazole rings is 1. The van der Waals surface area contributed by atoms with Gasteiger partial charge in [-0.05, 0) is 37.8 Å². The molecule has 0 bridgehead atoms. The Morgan fingerprint density at radius 2 is 2.26 bits per heavy atom. The van der Waals surface area contributed by atoms with Crippen LogP contribution in [0.3, 0.4) is 0 Å². The van der Waals surface area contributed by atoms with E-state index >= 15 is 0 Å². The number of hydrogen-bond donors (Lipinski definition) is 2. The Bertz CT molecular complexity index is 751. The molecule has 1 atom stereocenters. The molecule has 7 heteroatoms. The average molecular weight is 391 g/mol. The van der Waals surface area contributed by atoms with Crippen LogP contribution in [0.15, 0.2) is 29.6 Å². The minimum Gasteiger partial charge on any atom is -0.365 e. The number of carbonyl (C=O) groups excluding carboxylic acids is 1. The maximum Gasteiger partial charge on any atom is 0.220 e. The van der Waals surface area contributed by atoms with E-state index in [2.05, 4.69) is 25.9 Å². The standard InChI is InChI=1S/C20H27FN4OS/c1-22-20-24-17(14-27-20)13-25-10-4-5-15(12-25)8-9-19(26)23-11-16-6-2-3-7-18(16)21/h2-3,6-7,14-15H,4-5,8-13H2,1H3,(H,22,24)(H,23,26). The molecule has 2 N–H and O–H groups in total. The zero-order chi connectivity index (χ0) is 19.1. The third kappa shape index (κ3) is 6.01. The van der Waals surface area contributed by atoms with Crippen molar-refractivity contribution >= 4 is 22.4 Å². The van der Waals surface area contributed by atoms with E-state index in [1.165, 1.54) is 6.07 Å². The van der Waals surface area contributed by atoms with Gasteiger partial charge >= 0.3 is 0 Å². The van der Waals surface area contributed by atoms with E-state index in [1.54, 1.807) is 29.5 Å². The topological polar surface area (TPSA) is 57.3 Å². The molecule has 1 aromatic heterocycles. The van der Waals surface area contributed by atoms with Crippen LogP contribution in [0, 0.1) is 11.7 Å². The summed E-state index contributed by atoms with van der Waals surface area (Å²) >= 11 is 1.63. The van der Waals surface area contributed by atoms with Crippen LogP contribution in [-0.2, 0) is 17.9 Å². The summed E-state index contributed by atoms with van der Waals surface area (Å²) in [6.07, 6.45) is 3.69. The van der Waals surface area contributed by atoms with Gasteiger partial charge in [0.05, 0.1) is 5.69 Å². The second kappa shape index (κ2) is 9.80. The summed E-state index contributed by atoms with van der Waals surface area (Å²) in [6.45, 7) is 3.21. The first-order valence-corrected chi connectivity index (χ1v) is 10.4. The van der Waals surface area contributed by atoms with E-state index in [0.29, 0.717) is 17.9 Å². The van der Waals surface area contributed by atoms with E-state index < -0.39 is 0 Å². The largest absolute Gasteiger partial charge is 0.365 e. The average Bonchev–Trinajstić information content (AvgIpc) is 3.13. The van der Waals surface area contributed by atoms with Gasteiger partial charge in [0.25, 0.3) is 0 Å². The fraction of sp³-hybridized carbons (Fsp3) is 0.500. The summed E-state index contributed by atoms with van der Waals surface area (Å²) in [5.41, 5.74) is 1.63. The van der Waals surface area contributed by atoms with Crippen molar-refractivity contribution in [1.29, 1.82) is 0 Å². The minimum atomic E-state index is -0.274. The highest BCUT2D eigenvalue weighted by Crippen LogP contribution is 2.23. The van der Waals surface area contributed by atoms with Gasteiger partial charge in [-0.2, -0.15) is 0 Å². The number of nitrogens with zero attached hydrogens (tertiary/aromatic N) is 2. The summed E-state index contributed by atoms with van der Waals surface area (Å²) in [7, 11) is 1.89. The van der Waals surface area contributed by atoms with Gasteiger partial charge in [0, 0.05) is 44.0 Å². The van der Waals surface area contributed by atoms with Crippen molar-refractivity contribution in [2.75, 3.05) is 25.5 Å². The molecule has 1 aliphatic rings. The third-order valence-corrected chi connectivity index (χ3v) is 5.88. The van der Waals surface area contributed by atoms with Gasteiger partial charge in [-0.15, -0.1) is 11.3 Å². The molecule has 2 heterocycles. The molecule has 5 nitrogen and oxygen atoms in total. The predicted molar refractivity (Wildman–Crippen MR) is 107 cm³/mol. The van der Waals surface area contributed by atoms with Gasteiger partial charge in [0.15, 0.2) is 5.13 Å². The fourth-order valence-corrected chi connectivity index (χ4v) is 4.18. The summed E-state index contributed by atoms with van der Waals surface area (Å²) in [5.74, 6) is 0.248. The van der Waals surface area contributed by atoms with E-state index in [4.69, 9.17) is 0 Å². The normalized spacial score (nSPS) is 17.6. The van der Waals surface area contributed by atoms with Crippen molar-refractivity contribution in [3.05, 3.63) is 46.7 Å². The second-order valence-corrected chi connectivity index (χ2v) is 7.90. The molecule has 0 spiro atoms. The number of carbonyl (C=O) groups is 1. The third-order valence-electron chi connectivity index (χ3n) is 4.97. The maximum absolute atomic E-state index is 13.6. The molecule has 1 aromatic carbocycles.